The molecule has 2 aromatic rings. The zero-order valence-corrected chi connectivity index (χ0v) is 11.6. The average Bonchev–Trinajstić information content (AvgIpc) is 2.63. The fourth-order valence-corrected chi connectivity index (χ4v) is 2.22. The first-order valence-electron chi connectivity index (χ1n) is 6.39. The molecular weight excluding hydrogens is 220 g/mol. The minimum Gasteiger partial charge on any atom is -0.349 e. The molecule has 18 heavy (non-hydrogen) atoms. The third kappa shape index (κ3) is 2.53. The second kappa shape index (κ2) is 5.21. The second-order valence-electron chi connectivity index (χ2n) is 4.66. The summed E-state index contributed by atoms with van der Waals surface area (Å²) in [5, 5.41) is 0. The Morgan fingerprint density at radius 1 is 1.11 bits per heavy atom. The van der Waals surface area contributed by atoms with Gasteiger partial charge < -0.3 is 4.57 Å². The van der Waals surface area contributed by atoms with Gasteiger partial charge in [-0.15, -0.1) is 0 Å². The van der Waals surface area contributed by atoms with Gasteiger partial charge in [0.2, 0.25) is 0 Å². The molecule has 0 atom stereocenters. The number of aromatic nitrogens is 1. The molecule has 0 amide bonds. The van der Waals surface area contributed by atoms with Gasteiger partial charge in [0.15, 0.2) is 0 Å². The van der Waals surface area contributed by atoms with Gasteiger partial charge >= 0.3 is 0 Å². The molecule has 0 radical (unpaired) electrons. The van der Waals surface area contributed by atoms with Crippen molar-refractivity contribution in [1.29, 1.82) is 0 Å². The molecule has 1 aromatic heterocycles. The van der Waals surface area contributed by atoms with Gasteiger partial charge in [0.25, 0.3) is 0 Å². The van der Waals surface area contributed by atoms with Crippen LogP contribution >= 0.6 is 0 Å². The van der Waals surface area contributed by atoms with E-state index in [1.807, 2.05) is 18.3 Å². The van der Waals surface area contributed by atoms with Crippen LogP contribution in [-0.2, 0) is 6.54 Å². The zero-order chi connectivity index (χ0) is 13.1. The number of hydrogen-bond acceptors (Lipinski definition) is 1. The van der Waals surface area contributed by atoms with Crippen LogP contribution in [0.3, 0.4) is 0 Å². The standard InChI is InChI=1S/C16H20N2/c1-5-18-13(3)10-15(14(18)4)11-17-16-8-6-12(2)7-9-16/h6-11H,5H2,1-4H3. The Hall–Kier alpha value is -1.83. The Kier molecular flexibility index (Phi) is 3.66. The van der Waals surface area contributed by atoms with E-state index < -0.39 is 0 Å². The lowest BCUT2D eigenvalue weighted by Gasteiger charge is -2.04. The summed E-state index contributed by atoms with van der Waals surface area (Å²) in [7, 11) is 0. The van der Waals surface area contributed by atoms with Crippen LogP contribution in [0.5, 0.6) is 0 Å². The van der Waals surface area contributed by atoms with Crippen LogP contribution in [0.15, 0.2) is 35.3 Å². The van der Waals surface area contributed by atoms with Crippen molar-refractivity contribution >= 4 is 11.9 Å². The predicted octanol–water partition coefficient (Wildman–Crippen LogP) is 4.18. The maximum Gasteiger partial charge on any atom is 0.0630 e. The maximum absolute atomic E-state index is 4.53. The van der Waals surface area contributed by atoms with Gasteiger partial charge in [-0.3, -0.25) is 4.99 Å². The molecule has 2 nitrogen and oxygen atoms in total. The molecule has 0 bridgehead atoms. The Morgan fingerprint density at radius 3 is 2.33 bits per heavy atom. The van der Waals surface area contributed by atoms with Gasteiger partial charge in [0.1, 0.15) is 0 Å². The quantitative estimate of drug-likeness (QED) is 0.716. The van der Waals surface area contributed by atoms with Gasteiger partial charge in [0, 0.05) is 29.7 Å². The molecule has 0 spiro atoms. The second-order valence-corrected chi connectivity index (χ2v) is 4.66. The van der Waals surface area contributed by atoms with Crippen LogP contribution in [0, 0.1) is 20.8 Å². The highest BCUT2D eigenvalue weighted by molar-refractivity contribution is 5.83. The largest absolute Gasteiger partial charge is 0.349 e. The number of benzene rings is 1. The van der Waals surface area contributed by atoms with Crippen LogP contribution in [-0.4, -0.2) is 10.8 Å². The third-order valence-electron chi connectivity index (χ3n) is 3.32. The Balaban J connectivity index is 2.26. The Labute approximate surface area is 109 Å². The van der Waals surface area contributed by atoms with Gasteiger partial charge in [-0.1, -0.05) is 17.7 Å². The SMILES string of the molecule is CCn1c(C)cc(C=Nc2ccc(C)cc2)c1C. The van der Waals surface area contributed by atoms with Crippen LogP contribution in [0.1, 0.15) is 29.4 Å². The molecule has 0 aliphatic heterocycles. The highest BCUT2D eigenvalue weighted by atomic mass is 15.0. The molecule has 94 valence electrons. The first kappa shape index (κ1) is 12.6. The number of rotatable bonds is 3. The van der Waals surface area contributed by atoms with E-state index >= 15 is 0 Å². The number of aryl methyl sites for hydroxylation is 2. The van der Waals surface area contributed by atoms with E-state index in [1.54, 1.807) is 0 Å². The van der Waals surface area contributed by atoms with E-state index in [-0.39, 0.29) is 0 Å². The number of hydrogen-bond donors (Lipinski definition) is 0. The molecule has 1 aromatic carbocycles. The maximum atomic E-state index is 4.53. The molecule has 0 N–H and O–H groups in total. The van der Waals surface area contributed by atoms with E-state index in [9.17, 15) is 0 Å². The summed E-state index contributed by atoms with van der Waals surface area (Å²) in [6.07, 6.45) is 1.96. The van der Waals surface area contributed by atoms with Crippen LogP contribution in [0.2, 0.25) is 0 Å². The van der Waals surface area contributed by atoms with Crippen LogP contribution < -0.4 is 0 Å². The fourth-order valence-electron chi connectivity index (χ4n) is 2.22. The summed E-state index contributed by atoms with van der Waals surface area (Å²) in [6.45, 7) is 9.55. The number of nitrogens with zero attached hydrogens (tertiary/aromatic N) is 2. The first-order valence-corrected chi connectivity index (χ1v) is 6.39. The van der Waals surface area contributed by atoms with Crippen molar-refractivity contribution in [2.45, 2.75) is 34.2 Å². The van der Waals surface area contributed by atoms with Gasteiger partial charge in [-0.05, 0) is 45.9 Å². The van der Waals surface area contributed by atoms with E-state index in [1.165, 1.54) is 22.5 Å². The van der Waals surface area contributed by atoms with Crippen molar-refractivity contribution in [2.24, 2.45) is 4.99 Å². The third-order valence-corrected chi connectivity index (χ3v) is 3.32. The molecule has 2 heteroatoms. The molecule has 0 fully saturated rings. The van der Waals surface area contributed by atoms with Crippen molar-refractivity contribution in [3.05, 3.63) is 52.8 Å². The highest BCUT2D eigenvalue weighted by Gasteiger charge is 2.05. The van der Waals surface area contributed by atoms with E-state index in [0.29, 0.717) is 0 Å². The lowest BCUT2D eigenvalue weighted by Crippen LogP contribution is -1.99. The van der Waals surface area contributed by atoms with Crippen molar-refractivity contribution in [3.8, 4) is 0 Å². The Morgan fingerprint density at radius 2 is 1.78 bits per heavy atom. The topological polar surface area (TPSA) is 17.3 Å². The molecule has 0 saturated heterocycles. The van der Waals surface area contributed by atoms with E-state index in [2.05, 4.69) is 55.5 Å². The molecule has 0 unspecified atom stereocenters. The first-order chi connectivity index (χ1) is 8.61. The van der Waals surface area contributed by atoms with Crippen molar-refractivity contribution in [1.82, 2.24) is 4.57 Å². The van der Waals surface area contributed by atoms with Gasteiger partial charge in [-0.2, -0.15) is 0 Å². The van der Waals surface area contributed by atoms with E-state index in [4.69, 9.17) is 0 Å². The average molecular weight is 240 g/mol. The molecule has 0 aliphatic carbocycles. The van der Waals surface area contributed by atoms with Crippen molar-refractivity contribution in [3.63, 3.8) is 0 Å². The summed E-state index contributed by atoms with van der Waals surface area (Å²) < 4.78 is 2.30. The minimum atomic E-state index is 1.00. The van der Waals surface area contributed by atoms with Crippen molar-refractivity contribution < 1.29 is 0 Å². The fraction of sp³-hybridized carbons (Fsp3) is 0.312. The molecule has 0 saturated carbocycles. The minimum absolute atomic E-state index is 1.00. The molecule has 1 heterocycles. The van der Waals surface area contributed by atoms with Crippen LogP contribution in [0.4, 0.5) is 5.69 Å². The zero-order valence-electron chi connectivity index (χ0n) is 11.6. The molecule has 0 aliphatic rings. The number of aliphatic imine (C=N–C) groups is 1. The Bertz CT molecular complexity index is 560. The predicted molar refractivity (Wildman–Crippen MR) is 78.0 cm³/mol. The summed E-state index contributed by atoms with van der Waals surface area (Å²) in [5.41, 5.74) is 6.04. The molecule has 2 rings (SSSR count). The monoisotopic (exact) mass is 240 g/mol. The molecular formula is C16H20N2. The smallest absolute Gasteiger partial charge is 0.0630 e. The highest BCUT2D eigenvalue weighted by Crippen LogP contribution is 2.16. The normalized spacial score (nSPS) is 11.3. The van der Waals surface area contributed by atoms with Gasteiger partial charge in [0.05, 0.1) is 5.69 Å². The summed E-state index contributed by atoms with van der Waals surface area (Å²) in [4.78, 5) is 4.53. The lowest BCUT2D eigenvalue weighted by molar-refractivity contribution is 0.718. The summed E-state index contributed by atoms with van der Waals surface area (Å²) >= 11 is 0. The van der Waals surface area contributed by atoms with Crippen LogP contribution in [0.25, 0.3) is 0 Å². The summed E-state index contributed by atoms with van der Waals surface area (Å²) in [5.74, 6) is 0. The lowest BCUT2D eigenvalue weighted by atomic mass is 10.2. The van der Waals surface area contributed by atoms with E-state index in [0.717, 1.165) is 12.2 Å². The van der Waals surface area contributed by atoms with Gasteiger partial charge in [-0.25, -0.2) is 0 Å². The van der Waals surface area contributed by atoms with Crippen molar-refractivity contribution in [2.75, 3.05) is 0 Å². The summed E-state index contributed by atoms with van der Waals surface area (Å²) in [6, 6.07) is 10.5.